The second-order valence-corrected chi connectivity index (χ2v) is 16.4. The predicted octanol–water partition coefficient (Wildman–Crippen LogP) is 3.27. The zero-order chi connectivity index (χ0) is 41.5. The van der Waals surface area contributed by atoms with Gasteiger partial charge in [-0.1, -0.05) is 48.5 Å². The number of aliphatic hydroxyl groups is 1. The van der Waals surface area contributed by atoms with Crippen molar-refractivity contribution >= 4 is 52.4 Å². The monoisotopic (exact) mass is 787 g/mol. The molecule has 0 unspecified atom stereocenters. The van der Waals surface area contributed by atoms with E-state index in [9.17, 15) is 33.9 Å². The first-order valence-electron chi connectivity index (χ1n) is 19.1. The number of para-hydroxylation sites is 1. The van der Waals surface area contributed by atoms with Gasteiger partial charge in [0.1, 0.15) is 35.9 Å². The van der Waals surface area contributed by atoms with Gasteiger partial charge in [0.25, 0.3) is 0 Å². The molecule has 6 amide bonds. The van der Waals surface area contributed by atoms with E-state index in [0.717, 1.165) is 16.5 Å². The Hall–Kier alpha value is -5.77. The minimum atomic E-state index is -1.34. The number of likely N-dealkylation sites (tertiary alicyclic amines) is 2. The molecule has 3 heterocycles. The van der Waals surface area contributed by atoms with Gasteiger partial charge in [-0.25, -0.2) is 9.59 Å². The zero-order valence-corrected chi connectivity index (χ0v) is 33.2. The molecule has 16 heteroatoms. The summed E-state index contributed by atoms with van der Waals surface area (Å²) >= 11 is 0. The topological polar surface area (TPSA) is 209 Å². The molecule has 5 N–H and O–H groups in total. The summed E-state index contributed by atoms with van der Waals surface area (Å²) in [7, 11) is 0. The van der Waals surface area contributed by atoms with Crippen LogP contribution in [0, 0.1) is 0 Å². The average molecular weight is 788 g/mol. The molecule has 16 nitrogen and oxygen atoms in total. The summed E-state index contributed by atoms with van der Waals surface area (Å²) in [5, 5.41) is 22.4. The van der Waals surface area contributed by atoms with Crippen molar-refractivity contribution in [1.82, 2.24) is 30.7 Å². The number of carbonyl (C=O) groups excluding carboxylic acids is 6. The average Bonchev–Trinajstić information content (AvgIpc) is 3.76. The van der Waals surface area contributed by atoms with Crippen LogP contribution in [0.2, 0.25) is 0 Å². The lowest BCUT2D eigenvalue weighted by Crippen LogP contribution is -2.53. The smallest absolute Gasteiger partial charge is 0.411 e. The molecule has 2 aliphatic heterocycles. The summed E-state index contributed by atoms with van der Waals surface area (Å²) in [5.41, 5.74) is 0.404. The van der Waals surface area contributed by atoms with Crippen molar-refractivity contribution in [3.05, 3.63) is 72.4 Å². The van der Waals surface area contributed by atoms with E-state index in [1.165, 1.54) is 16.0 Å². The highest BCUT2D eigenvalue weighted by Gasteiger charge is 2.48. The van der Waals surface area contributed by atoms with Crippen molar-refractivity contribution in [2.45, 2.75) is 109 Å². The minimum Gasteiger partial charge on any atom is -0.444 e. The molecule has 2 saturated heterocycles. The maximum absolute atomic E-state index is 14.6. The second-order valence-electron chi connectivity index (χ2n) is 16.4. The molecule has 5 rings (SSSR count). The van der Waals surface area contributed by atoms with E-state index in [4.69, 9.17) is 9.47 Å². The standard InChI is InChI=1S/C41H53N7O9/c1-40(2,3)56-38(54)43-22-34(50)44-28-20-32(48(24-28)39(55)57-41(4,5)6)37(53)47-23-29(46-36(52)33(49)17-16-25-12-8-7-9-13-25)19-31(47)35(51)45-27-18-26-14-10-11-15-30(26)42-21-27/h7-15,18,21,28-29,31-33,49H,16-17,19-20,22-24H2,1-6H3,(H,43,54)(H,44,50)(H,45,51)(H,46,52)/t28-,29+,31-,32+,33+/m0/s1. The Bertz CT molecular complexity index is 1950. The molecule has 2 aliphatic rings. The first-order chi connectivity index (χ1) is 26.8. The van der Waals surface area contributed by atoms with Crippen molar-refractivity contribution in [3.63, 3.8) is 0 Å². The van der Waals surface area contributed by atoms with Crippen molar-refractivity contribution in [2.24, 2.45) is 0 Å². The summed E-state index contributed by atoms with van der Waals surface area (Å²) in [6.07, 6.45) is -0.776. The van der Waals surface area contributed by atoms with Crippen LogP contribution in [0.15, 0.2) is 66.9 Å². The number of pyridine rings is 1. The number of aryl methyl sites for hydroxylation is 1. The van der Waals surface area contributed by atoms with Crippen LogP contribution in [-0.2, 0) is 35.1 Å². The Morgan fingerprint density at radius 3 is 2.16 bits per heavy atom. The normalized spacial score (nSPS) is 20.1. The maximum Gasteiger partial charge on any atom is 0.411 e. The van der Waals surface area contributed by atoms with Gasteiger partial charge in [0.15, 0.2) is 0 Å². The number of hydrogen-bond acceptors (Lipinski definition) is 10. The van der Waals surface area contributed by atoms with Crippen LogP contribution in [0.3, 0.4) is 0 Å². The van der Waals surface area contributed by atoms with E-state index in [0.29, 0.717) is 12.1 Å². The van der Waals surface area contributed by atoms with Crippen LogP contribution < -0.4 is 21.3 Å². The summed E-state index contributed by atoms with van der Waals surface area (Å²) < 4.78 is 10.8. The molecular weight excluding hydrogens is 734 g/mol. The van der Waals surface area contributed by atoms with Gasteiger partial charge < -0.3 is 40.7 Å². The van der Waals surface area contributed by atoms with Crippen molar-refractivity contribution in [3.8, 4) is 0 Å². The molecule has 0 radical (unpaired) electrons. The van der Waals surface area contributed by atoms with Gasteiger partial charge in [-0.05, 0) is 84.9 Å². The number of amides is 6. The van der Waals surface area contributed by atoms with E-state index in [1.54, 1.807) is 47.6 Å². The van der Waals surface area contributed by atoms with Crippen LogP contribution >= 0.6 is 0 Å². The molecule has 2 fully saturated rings. The van der Waals surface area contributed by atoms with Crippen LogP contribution in [0.25, 0.3) is 10.9 Å². The van der Waals surface area contributed by atoms with E-state index in [2.05, 4.69) is 26.3 Å². The first kappa shape index (κ1) is 42.4. The van der Waals surface area contributed by atoms with Gasteiger partial charge in [-0.3, -0.25) is 29.1 Å². The minimum absolute atomic E-state index is 0.0192. The molecule has 5 atom stereocenters. The lowest BCUT2D eigenvalue weighted by atomic mass is 10.1. The van der Waals surface area contributed by atoms with E-state index in [-0.39, 0.29) is 32.4 Å². The molecule has 0 saturated carbocycles. The van der Waals surface area contributed by atoms with E-state index in [1.807, 2.05) is 54.6 Å². The summed E-state index contributed by atoms with van der Waals surface area (Å²) in [6.45, 7) is 9.52. The number of anilines is 1. The predicted molar refractivity (Wildman–Crippen MR) is 211 cm³/mol. The van der Waals surface area contributed by atoms with Gasteiger partial charge in [0.2, 0.25) is 23.6 Å². The lowest BCUT2D eigenvalue weighted by Gasteiger charge is -2.32. The molecule has 57 heavy (non-hydrogen) atoms. The number of aromatic nitrogens is 1. The Labute approximate surface area is 332 Å². The highest BCUT2D eigenvalue weighted by atomic mass is 16.6. The van der Waals surface area contributed by atoms with Gasteiger partial charge in [0.05, 0.1) is 17.4 Å². The van der Waals surface area contributed by atoms with Crippen molar-refractivity contribution in [2.75, 3.05) is 25.0 Å². The zero-order valence-electron chi connectivity index (χ0n) is 33.2. The number of ether oxygens (including phenoxy) is 2. The van der Waals surface area contributed by atoms with E-state index >= 15 is 0 Å². The fraction of sp³-hybridized carbons (Fsp3) is 0.488. The van der Waals surface area contributed by atoms with Crippen molar-refractivity contribution in [1.29, 1.82) is 0 Å². The quantitative estimate of drug-likeness (QED) is 0.192. The third-order valence-corrected chi connectivity index (χ3v) is 9.31. The maximum atomic E-state index is 14.6. The van der Waals surface area contributed by atoms with Crippen molar-refractivity contribution < 1.29 is 43.3 Å². The number of alkyl carbamates (subject to hydrolysis) is 1. The molecule has 306 valence electrons. The van der Waals surface area contributed by atoms with Crippen LogP contribution in [0.5, 0.6) is 0 Å². The molecule has 1 aromatic heterocycles. The highest BCUT2D eigenvalue weighted by Crippen LogP contribution is 2.28. The Morgan fingerprint density at radius 2 is 1.46 bits per heavy atom. The van der Waals surface area contributed by atoms with Crippen LogP contribution in [0.1, 0.15) is 66.4 Å². The number of nitrogens with zero attached hydrogens (tertiary/aromatic N) is 3. The SMILES string of the molecule is CC(C)(C)OC(=O)NCC(=O)N[C@H]1C[C@H](C(=O)N2C[C@H](NC(=O)[C@H](O)CCc3ccccc3)C[C@H]2C(=O)Nc2cnc3ccccc3c2)N(C(=O)OC(C)(C)C)C1. The molecule has 0 spiro atoms. The molecule has 3 aromatic rings. The van der Waals surface area contributed by atoms with Gasteiger partial charge in [-0.15, -0.1) is 0 Å². The number of rotatable bonds is 11. The fourth-order valence-corrected chi connectivity index (χ4v) is 6.81. The summed E-state index contributed by atoms with van der Waals surface area (Å²) in [6, 6.07) is 14.9. The number of hydrogen-bond donors (Lipinski definition) is 5. The Morgan fingerprint density at radius 1 is 0.825 bits per heavy atom. The third-order valence-electron chi connectivity index (χ3n) is 9.31. The first-order valence-corrected chi connectivity index (χ1v) is 19.1. The lowest BCUT2D eigenvalue weighted by molar-refractivity contribution is -0.140. The van der Waals surface area contributed by atoms with Gasteiger partial charge in [-0.2, -0.15) is 0 Å². The Kier molecular flexibility index (Phi) is 13.4. The Balaban J connectivity index is 1.34. The highest BCUT2D eigenvalue weighted by molar-refractivity contribution is 6.00. The van der Waals surface area contributed by atoms with E-state index < -0.39 is 83.8 Å². The number of fused-ring (bicyclic) bond motifs is 1. The summed E-state index contributed by atoms with van der Waals surface area (Å²) in [4.78, 5) is 87.4. The number of benzene rings is 2. The number of aliphatic hydroxyl groups excluding tert-OH is 1. The largest absolute Gasteiger partial charge is 0.444 e. The molecule has 0 bridgehead atoms. The molecule has 0 aliphatic carbocycles. The van der Waals surface area contributed by atoms with Crippen LogP contribution in [0.4, 0.5) is 15.3 Å². The molecular formula is C41H53N7O9. The number of nitrogens with one attached hydrogen (secondary N) is 4. The van der Waals surface area contributed by atoms with Gasteiger partial charge >= 0.3 is 12.2 Å². The van der Waals surface area contributed by atoms with Gasteiger partial charge in [0, 0.05) is 30.6 Å². The fourth-order valence-electron chi connectivity index (χ4n) is 6.81. The van der Waals surface area contributed by atoms with Crippen LogP contribution in [-0.4, -0.2) is 117 Å². The molecule has 2 aromatic carbocycles. The summed E-state index contributed by atoms with van der Waals surface area (Å²) in [5.74, 6) is -2.34. The number of carbonyl (C=O) groups is 6. The second kappa shape index (κ2) is 18.0. The third kappa shape index (κ3) is 12.1.